The van der Waals surface area contributed by atoms with Crippen molar-refractivity contribution in [1.82, 2.24) is 0 Å². The standard InChI is InChI=1S/C46H70O18/c1-20-25(12-13-56-20)26-10-11-28-27(38(26)50)9-8-24-14-31(30(49)18-46(24,28)5)60-36-16-32(54-6)43(22(3)58-36)63-35-15-29(48)42(21(2)57-35)62-37-17-33(55-7)44(23(4)59-37)64-45-41(53)40(52)39(51)34(19-47)61-45/h8,12-13,21-23,26-37,39-45,47-49,51-53H,9-11,14-19H2,1-7H3. The molecule has 23 atom stereocenters. The molecule has 0 spiro atoms. The summed E-state index contributed by atoms with van der Waals surface area (Å²) in [5.41, 5.74) is 1.93. The molecule has 6 N–H and O–H groups in total. The maximum absolute atomic E-state index is 13.9. The van der Waals surface area contributed by atoms with Crippen molar-refractivity contribution < 1.29 is 87.2 Å². The Morgan fingerprint density at radius 2 is 1.34 bits per heavy atom. The molecule has 7 aliphatic rings. The highest BCUT2D eigenvalue weighted by Gasteiger charge is 2.55. The van der Waals surface area contributed by atoms with Crippen molar-refractivity contribution in [3.63, 3.8) is 0 Å². The Morgan fingerprint density at radius 3 is 1.95 bits per heavy atom. The lowest BCUT2D eigenvalue weighted by Crippen LogP contribution is -2.62. The summed E-state index contributed by atoms with van der Waals surface area (Å²) < 4.78 is 66.8. The van der Waals surface area contributed by atoms with Gasteiger partial charge in [-0.3, -0.25) is 4.79 Å². The van der Waals surface area contributed by atoms with Crippen molar-refractivity contribution in [2.24, 2.45) is 17.3 Å². The average molecular weight is 911 g/mol. The van der Waals surface area contributed by atoms with Gasteiger partial charge in [0.15, 0.2) is 25.2 Å². The number of ketones is 1. The minimum atomic E-state index is -1.60. The molecule has 1 aromatic rings. The molecule has 2 saturated carbocycles. The van der Waals surface area contributed by atoms with Crippen LogP contribution in [0.5, 0.6) is 0 Å². The van der Waals surface area contributed by atoms with E-state index < -0.39 is 123 Å². The first-order valence-corrected chi connectivity index (χ1v) is 23.1. The fraction of sp³-hybridized carbons (Fsp3) is 0.848. The third-order valence-electron chi connectivity index (χ3n) is 15.5. The van der Waals surface area contributed by atoms with Gasteiger partial charge in [0.1, 0.15) is 54.3 Å². The van der Waals surface area contributed by atoms with Crippen LogP contribution in [0.25, 0.3) is 0 Å². The summed E-state index contributed by atoms with van der Waals surface area (Å²) in [6.07, 6.45) is -8.82. The van der Waals surface area contributed by atoms with E-state index in [-0.39, 0.29) is 41.8 Å². The van der Waals surface area contributed by atoms with E-state index in [0.717, 1.165) is 24.2 Å². The molecule has 4 saturated heterocycles. The molecule has 8 rings (SSSR count). The van der Waals surface area contributed by atoms with Crippen molar-refractivity contribution >= 4 is 5.78 Å². The summed E-state index contributed by atoms with van der Waals surface area (Å²) in [6.45, 7) is 8.91. The number of carbonyl (C=O) groups is 1. The molecule has 18 nitrogen and oxygen atoms in total. The number of methoxy groups -OCH3 is 2. The maximum atomic E-state index is 13.9. The third kappa shape index (κ3) is 9.43. The number of aliphatic hydroxyl groups excluding tert-OH is 6. The highest BCUT2D eigenvalue weighted by Crippen LogP contribution is 2.58. The van der Waals surface area contributed by atoms with E-state index in [1.807, 2.05) is 19.9 Å². The summed E-state index contributed by atoms with van der Waals surface area (Å²) >= 11 is 0. The van der Waals surface area contributed by atoms with Crippen LogP contribution in [0, 0.1) is 24.2 Å². The summed E-state index contributed by atoms with van der Waals surface area (Å²) in [5.74, 6) is 1.00. The van der Waals surface area contributed by atoms with E-state index in [1.54, 1.807) is 27.2 Å². The summed E-state index contributed by atoms with van der Waals surface area (Å²) in [7, 11) is 3.09. The normalized spacial score (nSPS) is 48.9. The predicted molar refractivity (Wildman–Crippen MR) is 221 cm³/mol. The van der Waals surface area contributed by atoms with E-state index in [1.165, 1.54) is 12.7 Å². The van der Waals surface area contributed by atoms with E-state index in [9.17, 15) is 35.4 Å². The summed E-state index contributed by atoms with van der Waals surface area (Å²) in [6, 6.07) is 1.93. The molecule has 18 heteroatoms. The van der Waals surface area contributed by atoms with E-state index >= 15 is 0 Å². The number of Topliss-reactive ketones (excluding diaryl/α,β-unsaturated/α-hetero) is 1. The van der Waals surface area contributed by atoms with Crippen LogP contribution < -0.4 is 0 Å². The minimum Gasteiger partial charge on any atom is -0.469 e. The first kappa shape index (κ1) is 48.5. The van der Waals surface area contributed by atoms with Crippen LogP contribution in [0.2, 0.25) is 0 Å². The molecule has 0 amide bonds. The Hall–Kier alpha value is -1.95. The van der Waals surface area contributed by atoms with Gasteiger partial charge in [0.25, 0.3) is 0 Å². The van der Waals surface area contributed by atoms with E-state index in [0.29, 0.717) is 25.7 Å². The smallest absolute Gasteiger partial charge is 0.187 e. The van der Waals surface area contributed by atoms with Gasteiger partial charge in [-0.15, -0.1) is 0 Å². The first-order chi connectivity index (χ1) is 30.5. The van der Waals surface area contributed by atoms with Gasteiger partial charge in [0, 0.05) is 50.9 Å². The van der Waals surface area contributed by atoms with Crippen molar-refractivity contribution in [3.05, 3.63) is 35.3 Å². The number of aryl methyl sites for hydroxylation is 1. The molecule has 4 aliphatic heterocycles. The molecule has 0 bridgehead atoms. The first-order valence-electron chi connectivity index (χ1n) is 23.1. The Morgan fingerprint density at radius 1 is 0.734 bits per heavy atom. The fourth-order valence-corrected chi connectivity index (χ4v) is 11.9. The molecule has 0 aromatic carbocycles. The molecule has 64 heavy (non-hydrogen) atoms. The predicted octanol–water partition coefficient (Wildman–Crippen LogP) is 1.89. The van der Waals surface area contributed by atoms with Gasteiger partial charge in [-0.25, -0.2) is 0 Å². The maximum Gasteiger partial charge on any atom is 0.187 e. The van der Waals surface area contributed by atoms with Crippen molar-refractivity contribution in [1.29, 1.82) is 0 Å². The van der Waals surface area contributed by atoms with Crippen LogP contribution >= 0.6 is 0 Å². The molecular weight excluding hydrogens is 840 g/mol. The lowest BCUT2D eigenvalue weighted by Gasteiger charge is -2.54. The monoisotopic (exact) mass is 910 g/mol. The number of hydrogen-bond donors (Lipinski definition) is 6. The number of hydrogen-bond acceptors (Lipinski definition) is 18. The molecule has 6 fully saturated rings. The summed E-state index contributed by atoms with van der Waals surface area (Å²) in [4.78, 5) is 13.9. The second-order valence-electron chi connectivity index (χ2n) is 19.3. The largest absolute Gasteiger partial charge is 0.469 e. The number of aliphatic hydroxyl groups is 6. The van der Waals surface area contributed by atoms with E-state index in [2.05, 4.69) is 13.0 Å². The van der Waals surface area contributed by atoms with Crippen LogP contribution in [0.15, 0.2) is 28.4 Å². The van der Waals surface area contributed by atoms with Gasteiger partial charge < -0.3 is 82.4 Å². The zero-order chi connectivity index (χ0) is 45.8. The number of carbonyl (C=O) groups excluding carboxylic acids is 1. The molecular formula is C46H70O18. The van der Waals surface area contributed by atoms with Gasteiger partial charge in [-0.05, 0) is 77.2 Å². The minimum absolute atomic E-state index is 0.0886. The molecule has 1 aromatic heterocycles. The highest BCUT2D eigenvalue weighted by molar-refractivity contribution is 5.89. The van der Waals surface area contributed by atoms with Crippen LogP contribution in [0.3, 0.4) is 0 Å². The van der Waals surface area contributed by atoms with Gasteiger partial charge in [-0.2, -0.15) is 0 Å². The fourth-order valence-electron chi connectivity index (χ4n) is 11.9. The van der Waals surface area contributed by atoms with Crippen LogP contribution in [0.4, 0.5) is 0 Å². The topological polar surface area (TPSA) is 244 Å². The quantitative estimate of drug-likeness (QED) is 0.164. The molecule has 0 radical (unpaired) electrons. The Balaban J connectivity index is 0.823. The molecule has 362 valence electrons. The molecule has 3 aliphatic carbocycles. The highest BCUT2D eigenvalue weighted by atomic mass is 16.8. The third-order valence-corrected chi connectivity index (χ3v) is 15.5. The Bertz CT molecular complexity index is 1740. The molecule has 23 unspecified atom stereocenters. The number of allylic oxidation sites excluding steroid dienone is 1. The van der Waals surface area contributed by atoms with Crippen molar-refractivity contribution in [3.8, 4) is 0 Å². The SMILES string of the molecule is COC1CC(OC2CC3=CCC4C(=O)C(c5ccoc5C)CCC4C3(C)CC2O)OC(C)C1OC1CC(O)C(OC2CC(OC)C(OC3OC(CO)C(O)C(O)C3O)C(C)O2)C(C)O1. The van der Waals surface area contributed by atoms with Crippen molar-refractivity contribution in [2.75, 3.05) is 20.8 Å². The van der Waals surface area contributed by atoms with Crippen LogP contribution in [0.1, 0.15) is 96.3 Å². The number of rotatable bonds is 12. The molecule has 5 heterocycles. The van der Waals surface area contributed by atoms with E-state index in [4.69, 9.17) is 51.8 Å². The van der Waals surface area contributed by atoms with Gasteiger partial charge >= 0.3 is 0 Å². The number of fused-ring (bicyclic) bond motifs is 3. The second kappa shape index (κ2) is 19.9. The number of ether oxygens (including phenoxy) is 10. The van der Waals surface area contributed by atoms with Gasteiger partial charge in [0.2, 0.25) is 0 Å². The second-order valence-corrected chi connectivity index (χ2v) is 19.3. The van der Waals surface area contributed by atoms with Gasteiger partial charge in [-0.1, -0.05) is 18.6 Å². The number of furan rings is 1. The zero-order valence-corrected chi connectivity index (χ0v) is 37.9. The lowest BCUT2D eigenvalue weighted by molar-refractivity contribution is -0.356. The van der Waals surface area contributed by atoms with Gasteiger partial charge in [0.05, 0.1) is 61.7 Å². The van der Waals surface area contributed by atoms with Crippen LogP contribution in [-0.2, 0) is 52.2 Å². The summed E-state index contributed by atoms with van der Waals surface area (Å²) in [5, 5.41) is 63.5. The Labute approximate surface area is 374 Å². The zero-order valence-electron chi connectivity index (χ0n) is 37.9. The lowest BCUT2D eigenvalue weighted by atomic mass is 9.51. The van der Waals surface area contributed by atoms with Crippen molar-refractivity contribution in [2.45, 2.75) is 209 Å². The average Bonchev–Trinajstić information content (AvgIpc) is 3.69. The Kier molecular flexibility index (Phi) is 15.1. The van der Waals surface area contributed by atoms with Crippen LogP contribution in [-0.4, -0.2) is 174 Å².